The number of ketones is 3. The number of imidazole rings is 3. The number of nitrogens with zero attached hydrogens (tertiary/aromatic N) is 19. The fourth-order valence-electron chi connectivity index (χ4n) is 16.8. The second kappa shape index (κ2) is 44.2. The SMILES string of the molecule is CCN1CCN(Cc2ccc(CC(=O)c3ccc(C)c(Nc4nccn4-c4cc(NC5CC5)ncn4)c3)cc2C(F)(F)F)CC1.CCN1CCN(Cc2ccc(CC(=O)c3ccc(C)c(Nc4nccn4-c4cc(NCCN5CCOCC5)ncn4)c3)cc2C(F)(F)F)CC1.Cc1ccc(C(=O)Cc2ccc(CN3CCN(C)CC3)cc2)cc1Nc1nccn1-c1cc(NC2CC2)ncn1. The Bertz CT molecular complexity index is 6030. The first-order valence-corrected chi connectivity index (χ1v) is 46.5. The van der Waals surface area contributed by atoms with Gasteiger partial charge in [-0.05, 0) is 147 Å². The number of likely N-dealkylation sites (N-methyl/N-ethyl adjacent to an activating group) is 3. The van der Waals surface area contributed by atoms with E-state index in [-0.39, 0.29) is 54.4 Å². The molecule has 0 bridgehead atoms. The van der Waals surface area contributed by atoms with E-state index in [0.717, 1.165) is 208 Å². The van der Waals surface area contributed by atoms with E-state index in [2.05, 4.69) is 156 Å². The molecule has 2 aliphatic carbocycles. The molecule has 135 heavy (non-hydrogen) atoms. The number of benzene rings is 6. The average molecular weight is 1850 g/mol. The molecule has 0 spiro atoms. The summed E-state index contributed by atoms with van der Waals surface area (Å²) in [6.45, 7) is 28.9. The molecule has 0 unspecified atom stereocenters. The van der Waals surface area contributed by atoms with Gasteiger partial charge in [0.2, 0.25) is 17.8 Å². The van der Waals surface area contributed by atoms with Gasteiger partial charge in [-0.25, -0.2) is 44.9 Å². The largest absolute Gasteiger partial charge is 0.416 e. The molecular formula is C100H117F6N25O4. The van der Waals surface area contributed by atoms with Gasteiger partial charge in [0.25, 0.3) is 0 Å². The van der Waals surface area contributed by atoms with Crippen molar-refractivity contribution >= 4 is 69.7 Å². The van der Waals surface area contributed by atoms with Crippen LogP contribution in [0, 0.1) is 20.8 Å². The van der Waals surface area contributed by atoms with Crippen molar-refractivity contribution < 1.29 is 45.5 Å². The highest BCUT2D eigenvalue weighted by atomic mass is 19.4. The smallest absolute Gasteiger partial charge is 0.379 e. The summed E-state index contributed by atoms with van der Waals surface area (Å²) >= 11 is 0. The highest BCUT2D eigenvalue weighted by Gasteiger charge is 2.37. The molecule has 0 amide bonds. The predicted molar refractivity (Wildman–Crippen MR) is 511 cm³/mol. The molecule has 29 nitrogen and oxygen atoms in total. The fourth-order valence-corrected chi connectivity index (χ4v) is 16.8. The number of Topliss-reactive ketones (excluding diaryl/α,β-unsaturated/α-hetero) is 3. The van der Waals surface area contributed by atoms with Crippen molar-refractivity contribution in [3.05, 3.63) is 268 Å². The predicted octanol–water partition coefficient (Wildman–Crippen LogP) is 15.4. The van der Waals surface area contributed by atoms with Gasteiger partial charge < -0.3 is 51.3 Å². The van der Waals surface area contributed by atoms with Gasteiger partial charge in [0.15, 0.2) is 17.3 Å². The number of morpholine rings is 1. The van der Waals surface area contributed by atoms with Gasteiger partial charge in [-0.15, -0.1) is 0 Å². The molecule has 0 atom stereocenters. The summed E-state index contributed by atoms with van der Waals surface area (Å²) in [4.78, 5) is 95.6. The average Bonchev–Trinajstić information content (AvgIpc) is 1.80. The second-order valence-electron chi connectivity index (χ2n) is 35.4. The number of rotatable bonds is 34. The van der Waals surface area contributed by atoms with Crippen molar-refractivity contribution in [1.82, 2.24) is 92.9 Å². The number of hydrogen-bond acceptors (Lipinski definition) is 26. The minimum Gasteiger partial charge on any atom is -0.379 e. The van der Waals surface area contributed by atoms with E-state index in [1.165, 1.54) is 43.2 Å². The number of anilines is 9. The molecule has 0 radical (unpaired) electrons. The zero-order valence-electron chi connectivity index (χ0n) is 77.2. The molecule has 4 aliphatic heterocycles. The minimum absolute atomic E-state index is 0.0878. The molecule has 6 N–H and O–H groups in total. The number of aryl methyl sites for hydroxylation is 3. The number of carbonyl (C=O) groups excluding carboxylic acids is 3. The highest BCUT2D eigenvalue weighted by Crippen LogP contribution is 2.38. The lowest BCUT2D eigenvalue weighted by Crippen LogP contribution is -2.45. The van der Waals surface area contributed by atoms with Crippen molar-refractivity contribution in [3.63, 3.8) is 0 Å². The molecule has 6 fully saturated rings. The lowest BCUT2D eigenvalue weighted by molar-refractivity contribution is -0.139. The van der Waals surface area contributed by atoms with Crippen LogP contribution in [0.2, 0.25) is 0 Å². The summed E-state index contributed by atoms with van der Waals surface area (Å²) in [5.74, 6) is 5.33. The van der Waals surface area contributed by atoms with Gasteiger partial charge in [0.1, 0.15) is 53.9 Å². The highest BCUT2D eigenvalue weighted by molar-refractivity contribution is 6.00. The first-order valence-electron chi connectivity index (χ1n) is 46.5. The number of carbonyl (C=O) groups is 3. The molecule has 6 aromatic carbocycles. The van der Waals surface area contributed by atoms with Crippen molar-refractivity contribution in [1.29, 1.82) is 0 Å². The van der Waals surface area contributed by atoms with E-state index in [4.69, 9.17) is 4.74 Å². The Morgan fingerprint density at radius 2 is 0.741 bits per heavy atom. The van der Waals surface area contributed by atoms with Crippen LogP contribution in [0.1, 0.15) is 132 Å². The van der Waals surface area contributed by atoms with Gasteiger partial charge in [-0.3, -0.25) is 47.7 Å². The molecule has 18 rings (SSSR count). The van der Waals surface area contributed by atoms with Crippen LogP contribution in [0.5, 0.6) is 0 Å². The van der Waals surface area contributed by atoms with Gasteiger partial charge in [-0.2, -0.15) is 26.3 Å². The Morgan fingerprint density at radius 3 is 1.13 bits per heavy atom. The van der Waals surface area contributed by atoms with Crippen LogP contribution in [0.25, 0.3) is 17.5 Å². The third-order valence-corrected chi connectivity index (χ3v) is 25.4. The van der Waals surface area contributed by atoms with Crippen LogP contribution < -0.4 is 31.9 Å². The molecule has 12 aromatic rings. The number of hydrogen-bond donors (Lipinski definition) is 6. The van der Waals surface area contributed by atoms with Gasteiger partial charge in [0, 0.05) is 245 Å². The van der Waals surface area contributed by atoms with Gasteiger partial charge in [0.05, 0.1) is 24.3 Å². The normalized spacial score (nSPS) is 16.2. The van der Waals surface area contributed by atoms with Crippen molar-refractivity contribution in [2.75, 3.05) is 170 Å². The van der Waals surface area contributed by atoms with E-state index >= 15 is 0 Å². The first kappa shape index (κ1) is 95.4. The topological polar surface area (TPSA) is 286 Å². The monoisotopic (exact) mass is 1850 g/mol. The second-order valence-corrected chi connectivity index (χ2v) is 35.4. The Kier molecular flexibility index (Phi) is 31.2. The quantitative estimate of drug-likeness (QED) is 0.0161. The third kappa shape index (κ3) is 26.3. The Balaban J connectivity index is 0.000000148. The summed E-state index contributed by atoms with van der Waals surface area (Å²) in [5.41, 5.74) is 8.45. The maximum absolute atomic E-state index is 14.2. The van der Waals surface area contributed by atoms with Crippen LogP contribution in [0.3, 0.4) is 0 Å². The van der Waals surface area contributed by atoms with Crippen molar-refractivity contribution in [3.8, 4) is 17.5 Å². The molecule has 6 aliphatic rings. The standard InChI is InChI=1S/C36H44F3N9O2.C33H37F3N8O.C31H36N8O/c1-3-45-12-14-47(15-13-45)24-29-7-5-27(20-30(29)36(37,38)39)21-32(49)28-6-4-26(2)31(22-28)44-35-41-9-11-48(35)34-23-33(42-25-43-34)40-8-10-46-16-18-50-19-17-46;1-3-42-12-14-43(15-13-42)20-25-7-5-23(16-27(25)33(34,35)36)17-29(45)24-6-4-22(2)28(18-24)41-32-37-10-11-44(32)31-19-30(38-21-39-31)40-26-8-9-26;1-22-3-8-25(28(40)17-23-4-6-24(7-5-23)20-38-15-13-37(2)14-16-38)18-27(22)36-31-32-11-12-39(31)30-19-29(33-21-34-30)35-26-9-10-26/h4-7,9,11,20,22-23,25H,3,8,10,12-19,21,24H2,1-2H3,(H,41,44)(H,40,42,43);4-7,10-11,16,18-19,21,26H,3,8-9,12-15,17,20H2,1-2H3,(H,37,41)(H,38,39,40);3-8,11-12,18-19,21,26H,9-10,13-17,20H2,1-2H3,(H,32,36)(H,33,34,35). The van der Waals surface area contributed by atoms with Crippen LogP contribution in [-0.2, 0) is 56.0 Å². The number of alkyl halides is 6. The maximum atomic E-state index is 14.2. The van der Waals surface area contributed by atoms with E-state index in [1.807, 2.05) is 80.1 Å². The van der Waals surface area contributed by atoms with Crippen LogP contribution in [0.15, 0.2) is 190 Å². The zero-order valence-corrected chi connectivity index (χ0v) is 77.2. The summed E-state index contributed by atoms with van der Waals surface area (Å²) in [7, 11) is 2.17. The van der Waals surface area contributed by atoms with Crippen LogP contribution in [0.4, 0.5) is 78.7 Å². The summed E-state index contributed by atoms with van der Waals surface area (Å²) in [5, 5.41) is 20.1. The maximum Gasteiger partial charge on any atom is 0.416 e. The van der Waals surface area contributed by atoms with E-state index in [9.17, 15) is 40.7 Å². The number of ether oxygens (including phenoxy) is 1. The van der Waals surface area contributed by atoms with Crippen molar-refractivity contribution in [2.24, 2.45) is 0 Å². The van der Waals surface area contributed by atoms with Gasteiger partial charge >= 0.3 is 12.4 Å². The third-order valence-electron chi connectivity index (χ3n) is 25.4. The zero-order chi connectivity index (χ0) is 94.1. The van der Waals surface area contributed by atoms with Crippen molar-refractivity contribution in [2.45, 2.75) is 124 Å². The van der Waals surface area contributed by atoms with Crippen LogP contribution >= 0.6 is 0 Å². The summed E-state index contributed by atoms with van der Waals surface area (Å²) in [6.07, 6.45) is 10.6. The van der Waals surface area contributed by atoms with Gasteiger partial charge in [-0.1, -0.05) is 98.8 Å². The number of piperazine rings is 3. The van der Waals surface area contributed by atoms with Crippen LogP contribution in [-0.4, -0.2) is 260 Å². The van der Waals surface area contributed by atoms with E-state index in [1.54, 1.807) is 82.8 Å². The van der Waals surface area contributed by atoms with E-state index in [0.29, 0.717) is 93.0 Å². The number of aromatic nitrogens is 12. The molecule has 4 saturated heterocycles. The summed E-state index contributed by atoms with van der Waals surface area (Å²) in [6, 6.07) is 39.9. The van der Waals surface area contributed by atoms with E-state index < -0.39 is 23.5 Å². The fraction of sp³-hybridized carbons (Fsp3) is 0.400. The Morgan fingerprint density at radius 1 is 0.385 bits per heavy atom. The number of nitrogens with one attached hydrogen (secondary N) is 6. The molecule has 2 saturated carbocycles. The summed E-state index contributed by atoms with van der Waals surface area (Å²) < 4.78 is 95.9. The Labute approximate surface area is 782 Å². The molecular weight excluding hydrogens is 1730 g/mol. The number of halogens is 6. The molecule has 708 valence electrons. The Hall–Kier alpha value is -12.7. The first-order chi connectivity index (χ1) is 65.3. The molecule has 6 aromatic heterocycles. The molecule has 10 heterocycles. The lowest BCUT2D eigenvalue weighted by Gasteiger charge is -2.34. The minimum atomic E-state index is -4.52. The lowest BCUT2D eigenvalue weighted by atomic mass is 9.97. The molecule has 35 heteroatoms.